The van der Waals surface area contributed by atoms with Crippen LogP contribution in [0.3, 0.4) is 0 Å². The van der Waals surface area contributed by atoms with Gasteiger partial charge in [-0.15, -0.1) is 0 Å². The second kappa shape index (κ2) is 7.48. The van der Waals surface area contributed by atoms with Crippen molar-refractivity contribution in [3.8, 4) is 0 Å². The predicted octanol–water partition coefficient (Wildman–Crippen LogP) is 0.974. The SMILES string of the molecule is CCOCC(=O)N[C@@H](Cc1cccc(F)c1)C(=O)O. The van der Waals surface area contributed by atoms with Crippen LogP contribution in [0, 0.1) is 5.82 Å². The Labute approximate surface area is 110 Å². The van der Waals surface area contributed by atoms with Gasteiger partial charge in [0.15, 0.2) is 0 Å². The molecule has 0 aliphatic heterocycles. The molecule has 0 aliphatic rings. The molecule has 0 aliphatic carbocycles. The molecule has 2 N–H and O–H groups in total. The fourth-order valence-corrected chi connectivity index (χ4v) is 1.53. The number of carboxylic acids is 1. The Kier molecular flexibility index (Phi) is 5.95. The summed E-state index contributed by atoms with van der Waals surface area (Å²) >= 11 is 0. The van der Waals surface area contributed by atoms with Crippen molar-refractivity contribution in [3.63, 3.8) is 0 Å². The lowest BCUT2D eigenvalue weighted by molar-refractivity contribution is -0.142. The third-order valence-electron chi connectivity index (χ3n) is 2.40. The Balaban J connectivity index is 2.63. The van der Waals surface area contributed by atoms with E-state index in [4.69, 9.17) is 9.84 Å². The first-order valence-corrected chi connectivity index (χ1v) is 5.87. The van der Waals surface area contributed by atoms with Crippen LogP contribution in [0.2, 0.25) is 0 Å². The van der Waals surface area contributed by atoms with Crippen LogP contribution in [-0.4, -0.2) is 36.2 Å². The van der Waals surface area contributed by atoms with Crippen molar-refractivity contribution in [2.45, 2.75) is 19.4 Å². The zero-order valence-corrected chi connectivity index (χ0v) is 10.6. The minimum Gasteiger partial charge on any atom is -0.480 e. The maximum Gasteiger partial charge on any atom is 0.326 e. The molecule has 0 radical (unpaired) electrons. The molecule has 1 atom stereocenters. The van der Waals surface area contributed by atoms with Gasteiger partial charge in [0, 0.05) is 13.0 Å². The van der Waals surface area contributed by atoms with Gasteiger partial charge in [-0.25, -0.2) is 9.18 Å². The summed E-state index contributed by atoms with van der Waals surface area (Å²) in [7, 11) is 0. The van der Waals surface area contributed by atoms with Gasteiger partial charge in [-0.2, -0.15) is 0 Å². The number of benzene rings is 1. The molecule has 0 saturated heterocycles. The molecule has 0 heterocycles. The van der Waals surface area contributed by atoms with Gasteiger partial charge in [-0.1, -0.05) is 12.1 Å². The second-order valence-corrected chi connectivity index (χ2v) is 3.93. The lowest BCUT2D eigenvalue weighted by atomic mass is 10.1. The number of carbonyl (C=O) groups is 2. The van der Waals surface area contributed by atoms with Crippen LogP contribution in [0.5, 0.6) is 0 Å². The van der Waals surface area contributed by atoms with E-state index in [9.17, 15) is 14.0 Å². The molecule has 0 spiro atoms. The van der Waals surface area contributed by atoms with Crippen molar-refractivity contribution >= 4 is 11.9 Å². The van der Waals surface area contributed by atoms with E-state index in [0.717, 1.165) is 0 Å². The van der Waals surface area contributed by atoms with Gasteiger partial charge in [0.2, 0.25) is 5.91 Å². The standard InChI is InChI=1S/C13H16FNO4/c1-2-19-8-12(16)15-11(13(17)18)7-9-4-3-5-10(14)6-9/h3-6,11H,2,7-8H2,1H3,(H,15,16)(H,17,18)/t11-/m0/s1. The lowest BCUT2D eigenvalue weighted by Gasteiger charge is -2.14. The first-order valence-electron chi connectivity index (χ1n) is 5.87. The Bertz CT molecular complexity index is 450. The van der Waals surface area contributed by atoms with Crippen molar-refractivity contribution in [2.24, 2.45) is 0 Å². The third kappa shape index (κ3) is 5.48. The molecular weight excluding hydrogens is 253 g/mol. The monoisotopic (exact) mass is 269 g/mol. The van der Waals surface area contributed by atoms with Gasteiger partial charge in [0.25, 0.3) is 0 Å². The fourth-order valence-electron chi connectivity index (χ4n) is 1.53. The predicted molar refractivity (Wildman–Crippen MR) is 66.2 cm³/mol. The minimum absolute atomic E-state index is 0.0188. The second-order valence-electron chi connectivity index (χ2n) is 3.93. The molecule has 0 aromatic heterocycles. The molecule has 1 rings (SSSR count). The summed E-state index contributed by atoms with van der Waals surface area (Å²) < 4.78 is 17.9. The van der Waals surface area contributed by atoms with Gasteiger partial charge < -0.3 is 15.2 Å². The molecular formula is C13H16FNO4. The van der Waals surface area contributed by atoms with Crippen LogP contribution in [0.1, 0.15) is 12.5 Å². The van der Waals surface area contributed by atoms with Crippen molar-refractivity contribution in [1.82, 2.24) is 5.32 Å². The molecule has 6 heteroatoms. The van der Waals surface area contributed by atoms with Crippen LogP contribution >= 0.6 is 0 Å². The minimum atomic E-state index is -1.17. The van der Waals surface area contributed by atoms with Crippen molar-refractivity contribution in [1.29, 1.82) is 0 Å². The van der Waals surface area contributed by atoms with E-state index in [2.05, 4.69) is 5.32 Å². The lowest BCUT2D eigenvalue weighted by Crippen LogP contribution is -2.43. The summed E-state index contributed by atoms with van der Waals surface area (Å²) in [4.78, 5) is 22.4. The smallest absolute Gasteiger partial charge is 0.326 e. The van der Waals surface area contributed by atoms with Crippen LogP contribution in [0.4, 0.5) is 4.39 Å². The molecule has 0 unspecified atom stereocenters. The zero-order chi connectivity index (χ0) is 14.3. The maximum absolute atomic E-state index is 13.0. The van der Waals surface area contributed by atoms with Crippen molar-refractivity contribution in [3.05, 3.63) is 35.6 Å². The van der Waals surface area contributed by atoms with E-state index >= 15 is 0 Å². The highest BCUT2D eigenvalue weighted by atomic mass is 19.1. The largest absolute Gasteiger partial charge is 0.480 e. The Morgan fingerprint density at radius 2 is 2.21 bits per heavy atom. The van der Waals surface area contributed by atoms with Gasteiger partial charge in [0.1, 0.15) is 18.5 Å². The molecule has 5 nitrogen and oxygen atoms in total. The highest BCUT2D eigenvalue weighted by Crippen LogP contribution is 2.07. The van der Waals surface area contributed by atoms with Crippen LogP contribution in [-0.2, 0) is 20.7 Å². The number of hydrogen-bond donors (Lipinski definition) is 2. The molecule has 0 bridgehead atoms. The number of hydrogen-bond acceptors (Lipinski definition) is 3. The Hall–Kier alpha value is -1.95. The first kappa shape index (κ1) is 15.1. The number of carbonyl (C=O) groups excluding carboxylic acids is 1. The Morgan fingerprint density at radius 1 is 1.47 bits per heavy atom. The van der Waals surface area contributed by atoms with Crippen LogP contribution < -0.4 is 5.32 Å². The van der Waals surface area contributed by atoms with Gasteiger partial charge in [-0.05, 0) is 24.6 Å². The van der Waals surface area contributed by atoms with Gasteiger partial charge >= 0.3 is 5.97 Å². The first-order chi connectivity index (χ1) is 9.02. The summed E-state index contributed by atoms with van der Waals surface area (Å²) in [5, 5.41) is 11.4. The summed E-state index contributed by atoms with van der Waals surface area (Å²) in [5.74, 6) is -2.12. The highest BCUT2D eigenvalue weighted by Gasteiger charge is 2.20. The quantitative estimate of drug-likeness (QED) is 0.773. The third-order valence-corrected chi connectivity index (χ3v) is 2.40. The molecule has 19 heavy (non-hydrogen) atoms. The summed E-state index contributed by atoms with van der Waals surface area (Å²) in [5.41, 5.74) is 0.504. The van der Waals surface area contributed by atoms with E-state index < -0.39 is 23.7 Å². The van der Waals surface area contributed by atoms with Crippen molar-refractivity contribution < 1.29 is 23.8 Å². The molecule has 1 aromatic rings. The normalized spacial score (nSPS) is 11.9. The highest BCUT2D eigenvalue weighted by molar-refractivity contribution is 5.84. The molecule has 104 valence electrons. The molecule has 1 aromatic carbocycles. The van der Waals surface area contributed by atoms with E-state index in [1.807, 2.05) is 0 Å². The number of halogens is 1. The number of aliphatic carboxylic acids is 1. The van der Waals surface area contributed by atoms with E-state index in [1.165, 1.54) is 18.2 Å². The van der Waals surface area contributed by atoms with Crippen molar-refractivity contribution in [2.75, 3.05) is 13.2 Å². The topological polar surface area (TPSA) is 75.6 Å². The van der Waals surface area contributed by atoms with Gasteiger partial charge in [0.05, 0.1) is 0 Å². The number of nitrogens with one attached hydrogen (secondary N) is 1. The molecule has 0 fully saturated rings. The average molecular weight is 269 g/mol. The van der Waals surface area contributed by atoms with Gasteiger partial charge in [-0.3, -0.25) is 4.79 Å². The van der Waals surface area contributed by atoms with E-state index in [0.29, 0.717) is 12.2 Å². The summed E-state index contributed by atoms with van der Waals surface area (Å²) in [6.07, 6.45) is 0.0188. The molecule has 1 amide bonds. The number of amides is 1. The van der Waals surface area contributed by atoms with E-state index in [1.54, 1.807) is 13.0 Å². The van der Waals surface area contributed by atoms with Crippen LogP contribution in [0.25, 0.3) is 0 Å². The molecule has 0 saturated carbocycles. The maximum atomic E-state index is 13.0. The average Bonchev–Trinajstić information content (AvgIpc) is 2.35. The summed E-state index contributed by atoms with van der Waals surface area (Å²) in [6, 6.07) is 4.51. The number of rotatable bonds is 7. The number of ether oxygens (including phenoxy) is 1. The summed E-state index contributed by atoms with van der Waals surface area (Å²) in [6.45, 7) is 1.91. The Morgan fingerprint density at radius 3 is 2.79 bits per heavy atom. The number of carboxylic acid groups (broad SMARTS) is 1. The van der Waals surface area contributed by atoms with E-state index in [-0.39, 0.29) is 13.0 Å². The van der Waals surface area contributed by atoms with Crippen LogP contribution in [0.15, 0.2) is 24.3 Å². The zero-order valence-electron chi connectivity index (χ0n) is 10.6. The fraction of sp³-hybridized carbons (Fsp3) is 0.385.